The Balaban J connectivity index is 2.38. The van der Waals surface area contributed by atoms with Crippen LogP contribution in [0.5, 0.6) is 5.75 Å². The Labute approximate surface area is 107 Å². The van der Waals surface area contributed by atoms with E-state index in [0.717, 1.165) is 4.47 Å². The minimum atomic E-state index is -1.33. The third-order valence-corrected chi connectivity index (χ3v) is 2.44. The van der Waals surface area contributed by atoms with Crippen molar-refractivity contribution in [3.63, 3.8) is 0 Å². The van der Waals surface area contributed by atoms with Crippen molar-refractivity contribution in [1.29, 1.82) is 0 Å². The Morgan fingerprint density at radius 2 is 2.00 bits per heavy atom. The molecule has 0 fully saturated rings. The summed E-state index contributed by atoms with van der Waals surface area (Å²) in [5.74, 6) is -1.31. The highest BCUT2D eigenvalue weighted by atomic mass is 79.9. The SMILES string of the molecule is C[C@H](NC(=O)COc1ccc(Br)cc1)C(=O)[O-]. The molecule has 0 aliphatic carbocycles. The van der Waals surface area contributed by atoms with Crippen LogP contribution in [0.25, 0.3) is 0 Å². The molecule has 17 heavy (non-hydrogen) atoms. The standard InChI is InChI=1S/C11H12BrNO4/c1-7(11(15)16)13-10(14)6-17-9-4-2-8(12)3-5-9/h2-5,7H,6H2,1H3,(H,13,14)(H,15,16)/p-1/t7-/m0/s1. The molecular formula is C11H11BrNO4-. The van der Waals surface area contributed by atoms with E-state index in [4.69, 9.17) is 4.74 Å². The predicted octanol–water partition coefficient (Wildman–Crippen LogP) is 0.0825. The maximum Gasteiger partial charge on any atom is 0.258 e. The van der Waals surface area contributed by atoms with Gasteiger partial charge in [0.05, 0.1) is 12.0 Å². The first kappa shape index (κ1) is 13.5. The largest absolute Gasteiger partial charge is 0.548 e. The van der Waals surface area contributed by atoms with E-state index >= 15 is 0 Å². The summed E-state index contributed by atoms with van der Waals surface area (Å²) in [7, 11) is 0. The van der Waals surface area contributed by atoms with Gasteiger partial charge in [0.15, 0.2) is 6.61 Å². The van der Waals surface area contributed by atoms with E-state index in [2.05, 4.69) is 21.2 Å². The van der Waals surface area contributed by atoms with Crippen LogP contribution in [0.1, 0.15) is 6.92 Å². The van der Waals surface area contributed by atoms with Crippen LogP contribution in [0.2, 0.25) is 0 Å². The summed E-state index contributed by atoms with van der Waals surface area (Å²) in [6, 6.07) is 5.91. The van der Waals surface area contributed by atoms with Crippen LogP contribution in [-0.2, 0) is 9.59 Å². The second kappa shape index (κ2) is 6.24. The summed E-state index contributed by atoms with van der Waals surface area (Å²) in [5.41, 5.74) is 0. The van der Waals surface area contributed by atoms with Gasteiger partial charge in [-0.3, -0.25) is 4.79 Å². The zero-order chi connectivity index (χ0) is 12.8. The van der Waals surface area contributed by atoms with E-state index in [1.807, 2.05) is 0 Å². The van der Waals surface area contributed by atoms with Crippen LogP contribution in [0.15, 0.2) is 28.7 Å². The number of nitrogens with one attached hydrogen (secondary N) is 1. The molecule has 0 aromatic heterocycles. The van der Waals surface area contributed by atoms with Crippen LogP contribution in [0.4, 0.5) is 0 Å². The Bertz CT molecular complexity index is 404. The molecule has 0 radical (unpaired) electrons. The van der Waals surface area contributed by atoms with Crippen molar-refractivity contribution < 1.29 is 19.4 Å². The molecule has 1 amide bonds. The molecule has 6 heteroatoms. The molecule has 0 aliphatic heterocycles. The maximum absolute atomic E-state index is 11.3. The molecular weight excluding hydrogens is 290 g/mol. The van der Waals surface area contributed by atoms with E-state index in [9.17, 15) is 14.7 Å². The van der Waals surface area contributed by atoms with E-state index in [1.165, 1.54) is 6.92 Å². The van der Waals surface area contributed by atoms with Gasteiger partial charge in [-0.25, -0.2) is 0 Å². The first-order valence-corrected chi connectivity index (χ1v) is 5.67. The molecule has 0 heterocycles. The summed E-state index contributed by atoms with van der Waals surface area (Å²) < 4.78 is 6.06. The van der Waals surface area contributed by atoms with Gasteiger partial charge in [-0.1, -0.05) is 15.9 Å². The van der Waals surface area contributed by atoms with E-state index in [-0.39, 0.29) is 6.61 Å². The average Bonchev–Trinajstić information content (AvgIpc) is 2.28. The van der Waals surface area contributed by atoms with Crippen molar-refractivity contribution in [1.82, 2.24) is 5.32 Å². The zero-order valence-electron chi connectivity index (χ0n) is 9.10. The molecule has 0 saturated carbocycles. The van der Waals surface area contributed by atoms with Gasteiger partial charge >= 0.3 is 0 Å². The molecule has 0 unspecified atom stereocenters. The van der Waals surface area contributed by atoms with Crippen molar-refractivity contribution in [2.24, 2.45) is 0 Å². The number of hydrogen-bond acceptors (Lipinski definition) is 4. The highest BCUT2D eigenvalue weighted by Crippen LogP contribution is 2.15. The van der Waals surface area contributed by atoms with Crippen LogP contribution >= 0.6 is 15.9 Å². The number of carbonyl (C=O) groups is 2. The normalized spacial score (nSPS) is 11.6. The van der Waals surface area contributed by atoms with Crippen LogP contribution < -0.4 is 15.2 Å². The minimum absolute atomic E-state index is 0.237. The van der Waals surface area contributed by atoms with Gasteiger partial charge in [0.2, 0.25) is 0 Å². The van der Waals surface area contributed by atoms with Gasteiger partial charge in [0, 0.05) is 4.47 Å². The number of carboxylic acids is 1. The summed E-state index contributed by atoms with van der Waals surface area (Å²) in [6.45, 7) is 1.09. The molecule has 1 rings (SSSR count). The summed E-state index contributed by atoms with van der Waals surface area (Å²) in [4.78, 5) is 21.6. The molecule has 0 spiro atoms. The number of aliphatic carboxylic acids is 1. The van der Waals surface area contributed by atoms with Crippen LogP contribution in [0, 0.1) is 0 Å². The summed E-state index contributed by atoms with van der Waals surface area (Å²) >= 11 is 3.27. The van der Waals surface area contributed by atoms with Crippen LogP contribution in [0.3, 0.4) is 0 Å². The van der Waals surface area contributed by atoms with Crippen molar-refractivity contribution in [2.75, 3.05) is 6.61 Å². The van der Waals surface area contributed by atoms with Crippen molar-refractivity contribution in [3.8, 4) is 5.75 Å². The van der Waals surface area contributed by atoms with Gasteiger partial charge in [-0.2, -0.15) is 0 Å². The molecule has 1 atom stereocenters. The monoisotopic (exact) mass is 300 g/mol. The lowest BCUT2D eigenvalue weighted by Gasteiger charge is -2.14. The van der Waals surface area contributed by atoms with Crippen molar-refractivity contribution in [2.45, 2.75) is 13.0 Å². The van der Waals surface area contributed by atoms with Crippen molar-refractivity contribution >= 4 is 27.8 Å². The second-order valence-corrected chi connectivity index (χ2v) is 4.27. The Kier molecular flexibility index (Phi) is 4.96. The lowest BCUT2D eigenvalue weighted by atomic mass is 10.3. The van der Waals surface area contributed by atoms with Gasteiger partial charge in [-0.05, 0) is 31.2 Å². The molecule has 0 saturated heterocycles. The van der Waals surface area contributed by atoms with E-state index in [0.29, 0.717) is 5.75 Å². The Hall–Kier alpha value is -1.56. The number of carboxylic acid groups (broad SMARTS) is 1. The third-order valence-electron chi connectivity index (χ3n) is 1.91. The smallest absolute Gasteiger partial charge is 0.258 e. The highest BCUT2D eigenvalue weighted by Gasteiger charge is 2.08. The number of amides is 1. The fourth-order valence-corrected chi connectivity index (χ4v) is 1.29. The van der Waals surface area contributed by atoms with Gasteiger partial charge in [-0.15, -0.1) is 0 Å². The van der Waals surface area contributed by atoms with E-state index < -0.39 is 17.9 Å². The molecule has 0 bridgehead atoms. The molecule has 1 N–H and O–H groups in total. The third kappa shape index (κ3) is 4.86. The minimum Gasteiger partial charge on any atom is -0.548 e. The first-order chi connectivity index (χ1) is 7.99. The first-order valence-electron chi connectivity index (χ1n) is 4.87. The Morgan fingerprint density at radius 1 is 1.41 bits per heavy atom. The Morgan fingerprint density at radius 3 is 2.53 bits per heavy atom. The number of benzene rings is 1. The average molecular weight is 301 g/mol. The number of carbonyl (C=O) groups excluding carboxylic acids is 2. The molecule has 5 nitrogen and oxygen atoms in total. The predicted molar refractivity (Wildman–Crippen MR) is 62.2 cm³/mol. The quantitative estimate of drug-likeness (QED) is 0.835. The highest BCUT2D eigenvalue weighted by molar-refractivity contribution is 9.10. The van der Waals surface area contributed by atoms with E-state index in [1.54, 1.807) is 24.3 Å². The molecule has 92 valence electrons. The van der Waals surface area contributed by atoms with Crippen molar-refractivity contribution in [3.05, 3.63) is 28.7 Å². The number of hydrogen-bond donors (Lipinski definition) is 1. The fraction of sp³-hybridized carbons (Fsp3) is 0.273. The topological polar surface area (TPSA) is 78.5 Å². The summed E-state index contributed by atoms with van der Waals surface area (Å²) in [6.07, 6.45) is 0. The van der Waals surface area contributed by atoms with Crippen LogP contribution in [-0.4, -0.2) is 24.5 Å². The number of ether oxygens (including phenoxy) is 1. The van der Waals surface area contributed by atoms with Gasteiger partial charge < -0.3 is 20.0 Å². The van der Waals surface area contributed by atoms with Gasteiger partial charge in [0.25, 0.3) is 5.91 Å². The zero-order valence-corrected chi connectivity index (χ0v) is 10.7. The maximum atomic E-state index is 11.3. The fourth-order valence-electron chi connectivity index (χ4n) is 1.02. The summed E-state index contributed by atoms with van der Waals surface area (Å²) in [5, 5.41) is 12.6. The molecule has 1 aromatic carbocycles. The lowest BCUT2D eigenvalue weighted by Crippen LogP contribution is -2.47. The molecule has 0 aliphatic rings. The molecule has 1 aromatic rings. The number of rotatable bonds is 5. The number of halogens is 1. The second-order valence-electron chi connectivity index (χ2n) is 3.35. The lowest BCUT2D eigenvalue weighted by molar-refractivity contribution is -0.307. The van der Waals surface area contributed by atoms with Gasteiger partial charge in [0.1, 0.15) is 5.75 Å².